The van der Waals surface area contributed by atoms with Crippen molar-refractivity contribution >= 4 is 46.4 Å². The summed E-state index contributed by atoms with van der Waals surface area (Å²) < 4.78 is 0. The maximum atomic E-state index is 4.62. The van der Waals surface area contributed by atoms with Crippen LogP contribution in [0.15, 0.2) is 48.5 Å². The van der Waals surface area contributed by atoms with E-state index in [1.807, 2.05) is 42.5 Å². The Bertz CT molecular complexity index is 1080. The van der Waals surface area contributed by atoms with E-state index in [0.29, 0.717) is 0 Å². The summed E-state index contributed by atoms with van der Waals surface area (Å²) in [5.41, 5.74) is 7.86. The van der Waals surface area contributed by atoms with Gasteiger partial charge in [-0.15, -0.1) is 0 Å². The van der Waals surface area contributed by atoms with Gasteiger partial charge in [0.25, 0.3) is 0 Å². The largest absolute Gasteiger partial charge is 0.358 e. The number of aromatic nitrogens is 4. The number of rotatable bonds is 0. The van der Waals surface area contributed by atoms with E-state index in [1.54, 1.807) is 0 Å². The Morgan fingerprint density at radius 3 is 1.13 bits per heavy atom. The first kappa shape index (κ1) is 29.8. The number of hydrogen-bond acceptors (Lipinski definition) is 2. The first-order valence-corrected chi connectivity index (χ1v) is 7.85. The second-order valence-corrected chi connectivity index (χ2v) is 5.91. The minimum absolute atomic E-state index is 0. The normalized spacial score (nSPS) is 10.1. The van der Waals surface area contributed by atoms with Gasteiger partial charge in [-0.1, -0.05) is 0 Å². The molecule has 2 aliphatic heterocycles. The summed E-state index contributed by atoms with van der Waals surface area (Å²) >= 11 is 0. The van der Waals surface area contributed by atoms with Crippen LogP contribution in [0, 0.1) is 29.7 Å². The summed E-state index contributed by atoms with van der Waals surface area (Å²) in [6.45, 7) is 0. The number of H-pyrrole nitrogens is 2. The van der Waals surface area contributed by atoms with E-state index in [9.17, 15) is 0 Å². The number of hydrogen-bond donors (Lipinski definition) is 2. The molecule has 5 rings (SSSR count). The van der Waals surface area contributed by atoms with Crippen LogP contribution in [0.4, 0.5) is 0 Å². The van der Waals surface area contributed by atoms with Crippen molar-refractivity contribution in [1.82, 2.24) is 19.9 Å². The van der Waals surface area contributed by atoms with Crippen LogP contribution in [0.3, 0.4) is 0 Å². The van der Waals surface area contributed by atoms with E-state index in [1.165, 1.54) is 0 Å². The van der Waals surface area contributed by atoms with Crippen molar-refractivity contribution in [1.29, 1.82) is 0 Å². The maximum Gasteiger partial charge on any atom is 0.0659 e. The van der Waals surface area contributed by atoms with Gasteiger partial charge >= 0.3 is 0 Å². The second-order valence-electron chi connectivity index (χ2n) is 5.91. The number of nitrogens with one attached hydrogen (secondary N) is 2. The van der Waals surface area contributed by atoms with Gasteiger partial charge in [-0.3, -0.25) is 0 Å². The predicted molar refractivity (Wildman–Crippen MR) is 125 cm³/mol. The molecule has 4 nitrogen and oxygen atoms in total. The predicted octanol–water partition coefficient (Wildman–Crippen LogP) is 6.45. The summed E-state index contributed by atoms with van der Waals surface area (Å²) in [5, 5.41) is 0. The van der Waals surface area contributed by atoms with Crippen molar-refractivity contribution < 1.29 is 33.8 Å². The Kier molecular flexibility index (Phi) is 12.3. The molecule has 162 valence electrons. The van der Waals surface area contributed by atoms with Gasteiger partial charge in [-0.25, -0.2) is 9.97 Å². The molecule has 0 saturated heterocycles. The quantitative estimate of drug-likeness (QED) is 0.196. The number of fused-ring (bicyclic) bond motifs is 8. The minimum Gasteiger partial charge on any atom is -0.358 e. The Hall–Kier alpha value is -2.37. The van der Waals surface area contributed by atoms with Gasteiger partial charge in [0.2, 0.25) is 0 Å². The first-order chi connectivity index (χ1) is 11.8. The molecule has 0 atom stereocenters. The fourth-order valence-corrected chi connectivity index (χ4v) is 2.94. The van der Waals surface area contributed by atoms with Crippen LogP contribution >= 0.6 is 0 Å². The Morgan fingerprint density at radius 1 is 0.467 bits per heavy atom. The third kappa shape index (κ3) is 6.31. The molecule has 0 aliphatic carbocycles. The third-order valence-electron chi connectivity index (χ3n) is 4.04. The molecule has 3 aromatic heterocycles. The van der Waals surface area contributed by atoms with Gasteiger partial charge in [-0.2, -0.15) is 0 Å². The number of aromatic amines is 2. The van der Waals surface area contributed by atoms with Crippen molar-refractivity contribution in [3.8, 4) is 0 Å². The van der Waals surface area contributed by atoms with E-state index in [4.69, 9.17) is 0 Å². The molecule has 0 amide bonds. The minimum atomic E-state index is 0. The van der Waals surface area contributed by atoms with Gasteiger partial charge in [0, 0.05) is 55.9 Å². The van der Waals surface area contributed by atoms with Crippen molar-refractivity contribution in [3.63, 3.8) is 0 Å². The van der Waals surface area contributed by atoms with Crippen molar-refractivity contribution in [3.05, 3.63) is 101 Å². The zero-order valence-electron chi connectivity index (χ0n) is 17.5. The summed E-state index contributed by atoms with van der Waals surface area (Å²) in [4.78, 5) is 16.0. The molecule has 8 bridgehead atoms. The molecule has 0 spiro atoms. The number of nitrogens with zero attached hydrogens (tertiary/aromatic N) is 2. The standard InChI is InChI=1S/C20H14N4.4CH3.Co.Mn/c1-2-14-10-16-5-6-18(23-16)12-20-8-7-19(24-20)11-17-4-3-15(22-17)9-13(1)21-14;;;;;;/h1-12,21-22H;4*1H3;;/q;4*-1;;. The van der Waals surface area contributed by atoms with Crippen LogP contribution in [0.1, 0.15) is 22.8 Å². The van der Waals surface area contributed by atoms with E-state index >= 15 is 0 Å². The molecule has 2 N–H and O–H groups in total. The third-order valence-corrected chi connectivity index (χ3v) is 4.04. The zero-order chi connectivity index (χ0) is 15.9. The average molecular weight is 484 g/mol. The van der Waals surface area contributed by atoms with Gasteiger partial charge in [0.15, 0.2) is 0 Å². The van der Waals surface area contributed by atoms with Gasteiger partial charge in [-0.05, 0) is 72.8 Å². The molecule has 2 aliphatic rings. The topological polar surface area (TPSA) is 57.4 Å². The molecule has 0 saturated carbocycles. The summed E-state index contributed by atoms with van der Waals surface area (Å²) in [6, 6.07) is 16.4. The molecule has 0 unspecified atom stereocenters. The maximum absolute atomic E-state index is 4.62. The molecule has 5 heterocycles. The van der Waals surface area contributed by atoms with Gasteiger partial charge in [0.05, 0.1) is 22.8 Å². The van der Waals surface area contributed by atoms with Crippen LogP contribution in [0.5, 0.6) is 0 Å². The van der Waals surface area contributed by atoms with Gasteiger partial charge < -0.3 is 39.7 Å². The second kappa shape index (κ2) is 12.4. The fraction of sp³-hybridized carbons (Fsp3) is 0. The molecule has 2 radical (unpaired) electrons. The van der Waals surface area contributed by atoms with Crippen LogP contribution in [-0.2, 0) is 33.8 Å². The Labute approximate surface area is 200 Å². The Balaban J connectivity index is 0. The van der Waals surface area contributed by atoms with Crippen molar-refractivity contribution in [2.24, 2.45) is 0 Å². The van der Waals surface area contributed by atoms with Crippen LogP contribution < -0.4 is 0 Å². The molecule has 30 heavy (non-hydrogen) atoms. The van der Waals surface area contributed by atoms with E-state index in [2.05, 4.69) is 50.3 Å². The zero-order valence-corrected chi connectivity index (χ0v) is 19.8. The Morgan fingerprint density at radius 2 is 0.767 bits per heavy atom. The van der Waals surface area contributed by atoms with E-state index in [0.717, 1.165) is 44.8 Å². The van der Waals surface area contributed by atoms with Crippen LogP contribution in [0.2, 0.25) is 0 Å². The first-order valence-electron chi connectivity index (χ1n) is 7.85. The van der Waals surface area contributed by atoms with Gasteiger partial charge in [0.1, 0.15) is 0 Å². The summed E-state index contributed by atoms with van der Waals surface area (Å²) in [7, 11) is 0. The molecule has 0 aromatic carbocycles. The van der Waals surface area contributed by atoms with Crippen molar-refractivity contribution in [2.75, 3.05) is 0 Å². The van der Waals surface area contributed by atoms with E-state index in [-0.39, 0.29) is 63.6 Å². The summed E-state index contributed by atoms with van der Waals surface area (Å²) in [5.74, 6) is 0. The fourth-order valence-electron chi connectivity index (χ4n) is 2.94. The van der Waals surface area contributed by atoms with Crippen molar-refractivity contribution in [2.45, 2.75) is 0 Å². The molecular weight excluding hydrogens is 458 g/mol. The molecule has 0 fully saturated rings. The van der Waals surface area contributed by atoms with Crippen LogP contribution in [0.25, 0.3) is 46.4 Å². The smallest absolute Gasteiger partial charge is 0.0659 e. The summed E-state index contributed by atoms with van der Waals surface area (Å²) in [6.07, 6.45) is 8.05. The van der Waals surface area contributed by atoms with Crippen LogP contribution in [-0.4, -0.2) is 19.9 Å². The SMILES string of the molecule is C1=Cc2cc3ccc(cc4ccc(cc5nc(cc1n2)C=C5)[nH]4)[nH]3.[CH3-].[CH3-].[CH3-].[CH3-].[Co].[Mn]. The van der Waals surface area contributed by atoms with E-state index < -0.39 is 0 Å². The molecular formula is C24H26CoMnN4-4. The molecule has 6 heteroatoms. The molecule has 3 aromatic rings. The monoisotopic (exact) mass is 484 g/mol. The average Bonchev–Trinajstić information content (AvgIpc) is 3.32.